The van der Waals surface area contributed by atoms with Crippen molar-refractivity contribution in [3.63, 3.8) is 0 Å². The van der Waals surface area contributed by atoms with Crippen molar-refractivity contribution in [3.8, 4) is 0 Å². The summed E-state index contributed by atoms with van der Waals surface area (Å²) < 4.78 is 0. The molecule has 0 unspecified atom stereocenters. The Morgan fingerprint density at radius 3 is 2.91 bits per heavy atom. The Kier molecular flexibility index (Phi) is 3.30. The molecular weight excluding hydrogens is 140 g/mol. The second kappa shape index (κ2) is 4.04. The number of nitrogens with two attached hydrogens (primary N) is 1. The fourth-order valence-electron chi connectivity index (χ4n) is 1.54. The Labute approximate surface area is 68.2 Å². The maximum absolute atomic E-state index is 8.83. The van der Waals surface area contributed by atoms with Crippen molar-refractivity contribution in [1.82, 2.24) is 4.90 Å². The first kappa shape index (κ1) is 8.97. The van der Waals surface area contributed by atoms with Crippen molar-refractivity contribution in [2.24, 2.45) is 11.7 Å². The summed E-state index contributed by atoms with van der Waals surface area (Å²) in [6.45, 7) is 5.56. The molecule has 1 saturated heterocycles. The summed E-state index contributed by atoms with van der Waals surface area (Å²) in [5.41, 5.74) is 5.23. The molecule has 0 aromatic rings. The first-order valence-corrected chi connectivity index (χ1v) is 4.34. The number of likely N-dealkylation sites (tertiary alicyclic amines) is 1. The van der Waals surface area contributed by atoms with Gasteiger partial charge in [0.05, 0.1) is 0 Å². The monoisotopic (exact) mass is 158 g/mol. The zero-order valence-electron chi connectivity index (χ0n) is 7.16. The van der Waals surface area contributed by atoms with Gasteiger partial charge >= 0.3 is 0 Å². The van der Waals surface area contributed by atoms with Gasteiger partial charge in [-0.05, 0) is 25.3 Å². The number of nitrogens with zero attached hydrogens (tertiary/aromatic N) is 1. The lowest BCUT2D eigenvalue weighted by molar-refractivity contribution is 0.152. The minimum Gasteiger partial charge on any atom is -0.379 e. The lowest BCUT2D eigenvalue weighted by atomic mass is 10.2. The number of rotatable bonds is 3. The predicted molar refractivity (Wildman–Crippen MR) is 45.0 cm³/mol. The Morgan fingerprint density at radius 2 is 2.45 bits per heavy atom. The molecule has 3 heteroatoms. The maximum atomic E-state index is 8.83. The van der Waals surface area contributed by atoms with Crippen LogP contribution in [0.3, 0.4) is 0 Å². The fraction of sp³-hybridized carbons (Fsp3) is 1.00. The van der Waals surface area contributed by atoms with Crippen LogP contribution in [0.2, 0.25) is 0 Å². The highest BCUT2D eigenvalue weighted by Crippen LogP contribution is 2.14. The van der Waals surface area contributed by atoms with Gasteiger partial charge in [0.1, 0.15) is 6.23 Å². The van der Waals surface area contributed by atoms with E-state index in [9.17, 15) is 0 Å². The molecule has 0 aromatic heterocycles. The van der Waals surface area contributed by atoms with Gasteiger partial charge in [-0.15, -0.1) is 0 Å². The number of hydrogen-bond donors (Lipinski definition) is 2. The number of aliphatic hydroxyl groups is 1. The number of hydrogen-bond acceptors (Lipinski definition) is 3. The van der Waals surface area contributed by atoms with E-state index in [0.29, 0.717) is 6.42 Å². The summed E-state index contributed by atoms with van der Waals surface area (Å²) in [5, 5.41) is 8.83. The van der Waals surface area contributed by atoms with Crippen LogP contribution in [-0.2, 0) is 0 Å². The zero-order chi connectivity index (χ0) is 8.27. The highest BCUT2D eigenvalue weighted by Gasteiger charge is 2.17. The van der Waals surface area contributed by atoms with Crippen LogP contribution in [0.5, 0.6) is 0 Å². The third-order valence-corrected chi connectivity index (χ3v) is 2.25. The molecule has 0 amide bonds. The second-order valence-corrected chi connectivity index (χ2v) is 3.55. The molecule has 0 aromatic carbocycles. The number of aliphatic hydroxyl groups excluding tert-OH is 1. The summed E-state index contributed by atoms with van der Waals surface area (Å²) in [5.74, 6) is 0.824. The summed E-state index contributed by atoms with van der Waals surface area (Å²) in [6, 6.07) is 0. The van der Waals surface area contributed by atoms with E-state index in [1.807, 2.05) is 0 Å². The molecule has 2 atom stereocenters. The van der Waals surface area contributed by atoms with Crippen molar-refractivity contribution in [3.05, 3.63) is 0 Å². The van der Waals surface area contributed by atoms with Crippen LogP contribution in [0.15, 0.2) is 0 Å². The van der Waals surface area contributed by atoms with E-state index in [4.69, 9.17) is 10.8 Å². The van der Waals surface area contributed by atoms with Crippen LogP contribution in [0.4, 0.5) is 0 Å². The molecule has 11 heavy (non-hydrogen) atoms. The van der Waals surface area contributed by atoms with Crippen molar-refractivity contribution in [1.29, 1.82) is 0 Å². The van der Waals surface area contributed by atoms with Crippen molar-refractivity contribution in [2.45, 2.75) is 26.0 Å². The molecule has 1 aliphatic heterocycles. The average molecular weight is 158 g/mol. The zero-order valence-corrected chi connectivity index (χ0v) is 7.16. The van der Waals surface area contributed by atoms with Gasteiger partial charge < -0.3 is 15.7 Å². The third kappa shape index (κ3) is 3.18. The van der Waals surface area contributed by atoms with Crippen LogP contribution in [0, 0.1) is 5.92 Å². The fourth-order valence-corrected chi connectivity index (χ4v) is 1.54. The van der Waals surface area contributed by atoms with Crippen LogP contribution < -0.4 is 5.73 Å². The summed E-state index contributed by atoms with van der Waals surface area (Å²) in [4.78, 5) is 2.36. The Balaban J connectivity index is 2.08. The largest absolute Gasteiger partial charge is 0.379 e. The lowest BCUT2D eigenvalue weighted by Crippen LogP contribution is -2.28. The van der Waals surface area contributed by atoms with Crippen LogP contribution in [0.25, 0.3) is 0 Å². The third-order valence-electron chi connectivity index (χ3n) is 2.25. The summed E-state index contributed by atoms with van der Waals surface area (Å²) >= 11 is 0. The molecule has 0 aliphatic carbocycles. The average Bonchev–Trinajstić information content (AvgIpc) is 2.31. The maximum Gasteiger partial charge on any atom is 0.103 e. The van der Waals surface area contributed by atoms with Gasteiger partial charge in [-0.3, -0.25) is 0 Å². The van der Waals surface area contributed by atoms with Crippen LogP contribution in [-0.4, -0.2) is 35.9 Å². The van der Waals surface area contributed by atoms with E-state index in [2.05, 4.69) is 11.8 Å². The lowest BCUT2D eigenvalue weighted by Gasteiger charge is -2.15. The first-order valence-electron chi connectivity index (χ1n) is 4.34. The van der Waals surface area contributed by atoms with Crippen LogP contribution >= 0.6 is 0 Å². The van der Waals surface area contributed by atoms with Gasteiger partial charge in [-0.2, -0.15) is 0 Å². The molecule has 1 fully saturated rings. The van der Waals surface area contributed by atoms with Gasteiger partial charge in [-0.1, -0.05) is 6.92 Å². The predicted octanol–water partition coefficient (Wildman–Crippen LogP) is -0.00460. The quantitative estimate of drug-likeness (QED) is 0.568. The molecule has 1 rings (SSSR count). The SMILES string of the molecule is C[C@@H]1CCN(CC[C@H](N)O)C1. The Bertz CT molecular complexity index is 117. The van der Waals surface area contributed by atoms with Gasteiger partial charge in [0.15, 0.2) is 0 Å². The van der Waals surface area contributed by atoms with Gasteiger partial charge in [-0.25, -0.2) is 0 Å². The molecule has 0 saturated carbocycles. The van der Waals surface area contributed by atoms with Gasteiger partial charge in [0, 0.05) is 13.1 Å². The van der Waals surface area contributed by atoms with Gasteiger partial charge in [0.2, 0.25) is 0 Å². The molecule has 0 bridgehead atoms. The molecule has 3 N–H and O–H groups in total. The van der Waals surface area contributed by atoms with Crippen molar-refractivity contribution >= 4 is 0 Å². The van der Waals surface area contributed by atoms with E-state index in [0.717, 1.165) is 12.5 Å². The molecule has 3 nitrogen and oxygen atoms in total. The molecule has 0 radical (unpaired) electrons. The van der Waals surface area contributed by atoms with E-state index in [1.165, 1.54) is 19.5 Å². The van der Waals surface area contributed by atoms with E-state index >= 15 is 0 Å². The highest BCUT2D eigenvalue weighted by molar-refractivity contribution is 4.72. The second-order valence-electron chi connectivity index (χ2n) is 3.55. The standard InChI is InChI=1S/C8H18N2O/c1-7-2-4-10(6-7)5-3-8(9)11/h7-8,11H,2-6,9H2,1H3/t7-,8-/m1/s1. The minimum atomic E-state index is -0.633. The molecule has 66 valence electrons. The highest BCUT2D eigenvalue weighted by atomic mass is 16.3. The topological polar surface area (TPSA) is 49.5 Å². The molecule has 1 heterocycles. The van der Waals surface area contributed by atoms with Gasteiger partial charge in [0.25, 0.3) is 0 Å². The van der Waals surface area contributed by atoms with E-state index in [1.54, 1.807) is 0 Å². The van der Waals surface area contributed by atoms with Crippen LogP contribution in [0.1, 0.15) is 19.8 Å². The van der Waals surface area contributed by atoms with Crippen molar-refractivity contribution < 1.29 is 5.11 Å². The summed E-state index contributed by atoms with van der Waals surface area (Å²) in [7, 11) is 0. The normalized spacial score (nSPS) is 29.2. The smallest absolute Gasteiger partial charge is 0.103 e. The Hall–Kier alpha value is -0.120. The molecular formula is C8H18N2O. The van der Waals surface area contributed by atoms with E-state index < -0.39 is 6.23 Å². The van der Waals surface area contributed by atoms with Crippen molar-refractivity contribution in [2.75, 3.05) is 19.6 Å². The molecule has 0 spiro atoms. The molecule has 1 aliphatic rings. The Morgan fingerprint density at radius 1 is 1.73 bits per heavy atom. The summed E-state index contributed by atoms with van der Waals surface area (Å²) in [6.07, 6.45) is 1.36. The minimum absolute atomic E-state index is 0.633. The first-order chi connectivity index (χ1) is 5.18. The van der Waals surface area contributed by atoms with E-state index in [-0.39, 0.29) is 0 Å².